The van der Waals surface area contributed by atoms with Crippen molar-refractivity contribution in [3.8, 4) is 17.7 Å². The van der Waals surface area contributed by atoms with Crippen LogP contribution in [0.1, 0.15) is 39.5 Å². The number of nitrogens with zero attached hydrogens (tertiary/aromatic N) is 4. The number of pyridine rings is 1. The molecular formula is C29H37ClN4O5. The molecule has 0 bridgehead atoms. The Morgan fingerprint density at radius 2 is 2.00 bits per heavy atom. The van der Waals surface area contributed by atoms with Crippen molar-refractivity contribution in [2.45, 2.75) is 57.8 Å². The normalized spacial score (nSPS) is 24.8. The molecule has 2 aromatic rings. The summed E-state index contributed by atoms with van der Waals surface area (Å²) >= 11 is 6.42. The molecule has 3 heterocycles. The van der Waals surface area contributed by atoms with Gasteiger partial charge in [0.1, 0.15) is 11.9 Å². The molecule has 2 aliphatic rings. The van der Waals surface area contributed by atoms with Gasteiger partial charge in [0.05, 0.1) is 42.6 Å². The minimum atomic E-state index is -0.825. The number of ether oxygens (including phenoxy) is 3. The van der Waals surface area contributed by atoms with Gasteiger partial charge in [-0.05, 0) is 30.7 Å². The minimum absolute atomic E-state index is 0.0426. The van der Waals surface area contributed by atoms with Crippen LogP contribution in [0.5, 0.6) is 11.6 Å². The summed E-state index contributed by atoms with van der Waals surface area (Å²) in [7, 11) is 1.59. The third kappa shape index (κ3) is 7.06. The summed E-state index contributed by atoms with van der Waals surface area (Å²) in [5, 5.41) is 18.9. The van der Waals surface area contributed by atoms with Crippen LogP contribution in [0.25, 0.3) is 0 Å². The lowest BCUT2D eigenvalue weighted by molar-refractivity contribution is -0.137. The van der Waals surface area contributed by atoms with Crippen LogP contribution in [-0.4, -0.2) is 67.7 Å². The molecule has 0 radical (unpaired) electrons. The highest BCUT2D eigenvalue weighted by Gasteiger charge is 2.41. The number of rotatable bonds is 11. The van der Waals surface area contributed by atoms with E-state index in [2.05, 4.69) is 27.8 Å². The summed E-state index contributed by atoms with van der Waals surface area (Å²) < 4.78 is 17.7. The van der Waals surface area contributed by atoms with E-state index >= 15 is 0 Å². The first kappa shape index (κ1) is 28.8. The number of anilines is 2. The fraction of sp³-hybridized carbons (Fsp3) is 0.552. The number of aromatic nitrogens is 1. The molecule has 0 spiro atoms. The van der Waals surface area contributed by atoms with Gasteiger partial charge in [0, 0.05) is 68.7 Å². The Morgan fingerprint density at radius 1 is 1.23 bits per heavy atom. The molecular weight excluding hydrogens is 520 g/mol. The molecule has 2 aliphatic heterocycles. The maximum Gasteiger partial charge on any atom is 0.305 e. The quantitative estimate of drug-likeness (QED) is 0.381. The first-order valence-electron chi connectivity index (χ1n) is 13.5. The first-order chi connectivity index (χ1) is 18.8. The molecule has 1 aromatic carbocycles. The number of benzene rings is 1. The fourth-order valence-electron chi connectivity index (χ4n) is 5.56. The van der Waals surface area contributed by atoms with Crippen molar-refractivity contribution in [3.63, 3.8) is 0 Å². The lowest BCUT2D eigenvalue weighted by atomic mass is 9.96. The zero-order valence-electron chi connectivity index (χ0n) is 22.8. The summed E-state index contributed by atoms with van der Waals surface area (Å²) in [6, 6.07) is 11.8. The van der Waals surface area contributed by atoms with Gasteiger partial charge in [0.25, 0.3) is 0 Å². The second-order valence-corrected chi connectivity index (χ2v) is 10.8. The summed E-state index contributed by atoms with van der Waals surface area (Å²) in [5.41, 5.74) is 1.87. The molecule has 2 unspecified atom stereocenters. The number of carboxylic acids is 1. The van der Waals surface area contributed by atoms with Crippen LogP contribution in [-0.2, 0) is 9.53 Å². The van der Waals surface area contributed by atoms with E-state index in [0.29, 0.717) is 36.9 Å². The molecule has 4 rings (SSSR count). The van der Waals surface area contributed by atoms with Crippen molar-refractivity contribution in [2.24, 2.45) is 11.8 Å². The first-order valence-corrected chi connectivity index (χ1v) is 13.9. The Labute approximate surface area is 235 Å². The third-order valence-electron chi connectivity index (χ3n) is 7.76. The molecule has 210 valence electrons. The predicted octanol–water partition coefficient (Wildman–Crippen LogP) is 5.03. The molecule has 1 aromatic heterocycles. The van der Waals surface area contributed by atoms with Crippen molar-refractivity contribution in [3.05, 3.63) is 41.6 Å². The van der Waals surface area contributed by atoms with Crippen LogP contribution in [0.3, 0.4) is 0 Å². The van der Waals surface area contributed by atoms with E-state index in [4.69, 9.17) is 31.1 Å². The number of nitriles is 1. The van der Waals surface area contributed by atoms with Gasteiger partial charge < -0.3 is 29.1 Å². The van der Waals surface area contributed by atoms with Gasteiger partial charge in [-0.3, -0.25) is 4.79 Å². The van der Waals surface area contributed by atoms with Gasteiger partial charge in [-0.1, -0.05) is 25.4 Å². The van der Waals surface area contributed by atoms with E-state index in [1.807, 2.05) is 37.3 Å². The zero-order valence-corrected chi connectivity index (χ0v) is 23.5. The van der Waals surface area contributed by atoms with Gasteiger partial charge in [-0.25, -0.2) is 4.98 Å². The monoisotopic (exact) mass is 556 g/mol. The summed E-state index contributed by atoms with van der Waals surface area (Å²) in [6.45, 7) is 6.94. The average molecular weight is 557 g/mol. The van der Waals surface area contributed by atoms with Crippen molar-refractivity contribution < 1.29 is 24.1 Å². The Hall–Kier alpha value is -3.22. The number of piperidine rings is 1. The van der Waals surface area contributed by atoms with Gasteiger partial charge in [0.2, 0.25) is 5.88 Å². The van der Waals surface area contributed by atoms with E-state index in [1.54, 1.807) is 13.3 Å². The van der Waals surface area contributed by atoms with Crippen LogP contribution in [0.4, 0.5) is 11.4 Å². The SMILES string of the molecule is COc1cc(N2CCC(Oc3ccc(N4C[C@H](OCCCC#N)[C@@H](C)[C@@H]4CC(=O)O)cc3)C(C)C2)c(Cl)cn1. The van der Waals surface area contributed by atoms with E-state index in [9.17, 15) is 9.90 Å². The van der Waals surface area contributed by atoms with Gasteiger partial charge in [-0.2, -0.15) is 5.26 Å². The molecule has 0 aliphatic carbocycles. The highest BCUT2D eigenvalue weighted by atomic mass is 35.5. The zero-order chi connectivity index (χ0) is 27.9. The van der Waals surface area contributed by atoms with Crippen LogP contribution >= 0.6 is 11.6 Å². The van der Waals surface area contributed by atoms with E-state index < -0.39 is 5.97 Å². The second-order valence-electron chi connectivity index (χ2n) is 10.4. The number of methoxy groups -OCH3 is 1. The summed E-state index contributed by atoms with van der Waals surface area (Å²) in [5.74, 6) is 0.828. The van der Waals surface area contributed by atoms with E-state index in [1.165, 1.54) is 0 Å². The topological polar surface area (TPSA) is 108 Å². The Kier molecular flexibility index (Phi) is 9.76. The van der Waals surface area contributed by atoms with Crippen molar-refractivity contribution in [1.82, 2.24) is 4.98 Å². The van der Waals surface area contributed by atoms with E-state index in [-0.39, 0.29) is 36.5 Å². The fourth-order valence-corrected chi connectivity index (χ4v) is 5.78. The Morgan fingerprint density at radius 3 is 2.67 bits per heavy atom. The average Bonchev–Trinajstić information content (AvgIpc) is 3.22. The van der Waals surface area contributed by atoms with Crippen molar-refractivity contribution in [1.29, 1.82) is 5.26 Å². The smallest absolute Gasteiger partial charge is 0.305 e. The standard InChI is InChI=1S/C29H37ClN4O5/c1-19-17-33(25-14-28(37-3)32-16-23(25)30)12-10-26(19)39-22-8-6-21(7-9-22)34-18-27(38-13-5-4-11-31)20(2)24(34)15-29(35)36/h6-9,14,16,19-20,24,26-27H,4-5,10,12-13,15,17-18H2,1-3H3,(H,35,36)/t19?,20-,24-,26?,27-/m0/s1. The maximum absolute atomic E-state index is 11.6. The molecule has 2 fully saturated rings. The third-order valence-corrected chi connectivity index (χ3v) is 8.05. The number of hydrogen-bond acceptors (Lipinski definition) is 8. The second kappa shape index (κ2) is 13.2. The molecule has 2 saturated heterocycles. The van der Waals surface area contributed by atoms with Crippen molar-refractivity contribution in [2.75, 3.05) is 43.2 Å². The van der Waals surface area contributed by atoms with Gasteiger partial charge >= 0.3 is 5.97 Å². The number of hydrogen-bond donors (Lipinski definition) is 1. The van der Waals surface area contributed by atoms with Crippen LogP contribution < -0.4 is 19.3 Å². The highest BCUT2D eigenvalue weighted by Crippen LogP contribution is 2.36. The molecule has 5 atom stereocenters. The molecule has 39 heavy (non-hydrogen) atoms. The van der Waals surface area contributed by atoms with Gasteiger partial charge in [0.15, 0.2) is 0 Å². The Balaban J connectivity index is 1.38. The highest BCUT2D eigenvalue weighted by molar-refractivity contribution is 6.33. The number of carboxylic acid groups (broad SMARTS) is 1. The number of halogens is 1. The number of aliphatic carboxylic acids is 1. The van der Waals surface area contributed by atoms with Gasteiger partial charge in [-0.15, -0.1) is 0 Å². The van der Waals surface area contributed by atoms with Crippen LogP contribution in [0.15, 0.2) is 36.5 Å². The predicted molar refractivity (Wildman–Crippen MR) is 150 cm³/mol. The molecule has 0 amide bonds. The lowest BCUT2D eigenvalue weighted by Gasteiger charge is -2.38. The molecule has 1 N–H and O–H groups in total. The maximum atomic E-state index is 11.6. The largest absolute Gasteiger partial charge is 0.490 e. The molecule has 9 nitrogen and oxygen atoms in total. The van der Waals surface area contributed by atoms with E-state index in [0.717, 1.165) is 36.6 Å². The number of carbonyl (C=O) groups is 1. The summed E-state index contributed by atoms with van der Waals surface area (Å²) in [4.78, 5) is 20.2. The Bertz CT molecular complexity index is 1160. The number of unbranched alkanes of at least 4 members (excludes halogenated alkanes) is 1. The minimum Gasteiger partial charge on any atom is -0.490 e. The van der Waals surface area contributed by atoms with Crippen LogP contribution in [0, 0.1) is 23.2 Å². The molecule has 0 saturated carbocycles. The molecule has 10 heteroatoms. The van der Waals surface area contributed by atoms with Crippen LogP contribution in [0.2, 0.25) is 5.02 Å². The lowest BCUT2D eigenvalue weighted by Crippen LogP contribution is -2.44. The summed E-state index contributed by atoms with van der Waals surface area (Å²) in [6.07, 6.45) is 3.62. The van der Waals surface area contributed by atoms with Crippen molar-refractivity contribution >= 4 is 28.9 Å².